The molecule has 0 aromatic heterocycles. The number of likely N-dealkylation sites (N-methyl/N-ethyl adjacent to an activating group) is 4. The van der Waals surface area contributed by atoms with E-state index in [2.05, 4.69) is 47.8 Å². The van der Waals surface area contributed by atoms with Crippen LogP contribution < -0.4 is 0 Å². The third-order valence-electron chi connectivity index (χ3n) is 3.68. The molecule has 0 radical (unpaired) electrons. The molecule has 0 saturated carbocycles. The molecule has 0 aromatic carbocycles. The Labute approximate surface area is 87.1 Å². The van der Waals surface area contributed by atoms with Crippen LogP contribution in [0.4, 0.5) is 0 Å². The van der Waals surface area contributed by atoms with Crippen molar-refractivity contribution in [3.8, 4) is 0 Å². The Balaban J connectivity index is 2.19. The molecule has 2 heterocycles. The normalized spacial score (nSPS) is 38.6. The van der Waals surface area contributed by atoms with Crippen LogP contribution in [0, 0.1) is 0 Å². The van der Waals surface area contributed by atoms with Crippen LogP contribution in [0.3, 0.4) is 0 Å². The van der Waals surface area contributed by atoms with Gasteiger partial charge in [-0.2, -0.15) is 0 Å². The lowest BCUT2D eigenvalue weighted by Crippen LogP contribution is -2.71. The average Bonchev–Trinajstić information content (AvgIpc) is 2.16. The zero-order valence-electron chi connectivity index (χ0n) is 9.77. The quantitative estimate of drug-likeness (QED) is 0.515. The van der Waals surface area contributed by atoms with E-state index < -0.39 is 0 Å². The van der Waals surface area contributed by atoms with E-state index >= 15 is 0 Å². The van der Waals surface area contributed by atoms with E-state index in [9.17, 15) is 0 Å². The van der Waals surface area contributed by atoms with Crippen molar-refractivity contribution in [2.24, 2.45) is 0 Å². The first-order chi connectivity index (χ1) is 6.61. The molecule has 0 N–H and O–H groups in total. The number of nitrogens with zero attached hydrogens (tertiary/aromatic N) is 4. The molecule has 2 fully saturated rings. The SMILES string of the molecule is CN1CCN(C)C2C1N(C)CCN2C. The van der Waals surface area contributed by atoms with Crippen molar-refractivity contribution in [2.45, 2.75) is 12.3 Å². The topological polar surface area (TPSA) is 13.0 Å². The summed E-state index contributed by atoms with van der Waals surface area (Å²) in [6, 6.07) is 0. The molecule has 0 atom stereocenters. The molecule has 0 unspecified atom stereocenters. The van der Waals surface area contributed by atoms with Crippen LogP contribution in [-0.4, -0.2) is 86.3 Å². The van der Waals surface area contributed by atoms with E-state index in [4.69, 9.17) is 0 Å². The summed E-state index contributed by atoms with van der Waals surface area (Å²) in [5.74, 6) is 0. The van der Waals surface area contributed by atoms with Crippen molar-refractivity contribution < 1.29 is 0 Å². The Kier molecular flexibility index (Phi) is 2.79. The van der Waals surface area contributed by atoms with Gasteiger partial charge in [0.25, 0.3) is 0 Å². The largest absolute Gasteiger partial charge is 0.287 e. The smallest absolute Gasteiger partial charge is 0.0917 e. The third-order valence-corrected chi connectivity index (χ3v) is 3.68. The molecule has 4 nitrogen and oxygen atoms in total. The Morgan fingerprint density at radius 3 is 1.00 bits per heavy atom. The molecule has 2 aliphatic rings. The molecule has 0 aromatic rings. The van der Waals surface area contributed by atoms with E-state index in [0.717, 1.165) is 0 Å². The zero-order chi connectivity index (χ0) is 10.3. The number of rotatable bonds is 0. The molecular formula is C10H22N4. The Hall–Kier alpha value is -0.160. The second-order valence-corrected chi connectivity index (χ2v) is 4.75. The van der Waals surface area contributed by atoms with Gasteiger partial charge in [0, 0.05) is 26.2 Å². The van der Waals surface area contributed by atoms with E-state index in [1.165, 1.54) is 26.2 Å². The van der Waals surface area contributed by atoms with Crippen LogP contribution in [0.1, 0.15) is 0 Å². The highest BCUT2D eigenvalue weighted by Crippen LogP contribution is 2.22. The molecule has 82 valence electrons. The summed E-state index contributed by atoms with van der Waals surface area (Å²) < 4.78 is 0. The molecule has 0 aliphatic carbocycles. The highest BCUT2D eigenvalue weighted by atomic mass is 15.5. The minimum absolute atomic E-state index is 0.562. The van der Waals surface area contributed by atoms with Gasteiger partial charge in [0.1, 0.15) is 0 Å². The summed E-state index contributed by atoms with van der Waals surface area (Å²) in [6.45, 7) is 4.71. The van der Waals surface area contributed by atoms with Gasteiger partial charge in [-0.3, -0.25) is 19.6 Å². The van der Waals surface area contributed by atoms with Crippen LogP contribution in [0.2, 0.25) is 0 Å². The summed E-state index contributed by atoms with van der Waals surface area (Å²) in [4.78, 5) is 9.89. The predicted molar refractivity (Wildman–Crippen MR) is 58.1 cm³/mol. The van der Waals surface area contributed by atoms with Crippen molar-refractivity contribution in [3.63, 3.8) is 0 Å². The lowest BCUT2D eigenvalue weighted by atomic mass is 10.1. The molecule has 0 spiro atoms. The van der Waals surface area contributed by atoms with E-state index in [-0.39, 0.29) is 0 Å². The van der Waals surface area contributed by atoms with Gasteiger partial charge in [0.15, 0.2) is 0 Å². The minimum atomic E-state index is 0.562. The monoisotopic (exact) mass is 198 g/mol. The van der Waals surface area contributed by atoms with Gasteiger partial charge in [0.05, 0.1) is 12.3 Å². The molecule has 0 amide bonds. The lowest BCUT2D eigenvalue weighted by molar-refractivity contribution is -0.120. The van der Waals surface area contributed by atoms with Crippen molar-refractivity contribution in [1.82, 2.24) is 19.6 Å². The van der Waals surface area contributed by atoms with Gasteiger partial charge in [-0.1, -0.05) is 0 Å². The summed E-state index contributed by atoms with van der Waals surface area (Å²) >= 11 is 0. The molecular weight excluding hydrogens is 176 g/mol. The summed E-state index contributed by atoms with van der Waals surface area (Å²) in [7, 11) is 8.95. The Morgan fingerprint density at radius 1 is 0.571 bits per heavy atom. The predicted octanol–water partition coefficient (Wildman–Crippen LogP) is -0.607. The highest BCUT2D eigenvalue weighted by Gasteiger charge is 2.40. The molecule has 4 heteroatoms. The van der Waals surface area contributed by atoms with Gasteiger partial charge in [0.2, 0.25) is 0 Å². The van der Waals surface area contributed by atoms with Crippen LogP contribution in [-0.2, 0) is 0 Å². The summed E-state index contributed by atoms with van der Waals surface area (Å²) in [5, 5.41) is 0. The first kappa shape index (κ1) is 10.4. The maximum atomic E-state index is 2.47. The van der Waals surface area contributed by atoms with Gasteiger partial charge >= 0.3 is 0 Å². The fourth-order valence-corrected chi connectivity index (χ4v) is 2.74. The molecule has 14 heavy (non-hydrogen) atoms. The summed E-state index contributed by atoms with van der Waals surface area (Å²) in [5.41, 5.74) is 0. The molecule has 2 rings (SSSR count). The van der Waals surface area contributed by atoms with E-state index in [1.807, 2.05) is 0 Å². The maximum absolute atomic E-state index is 2.47. The minimum Gasteiger partial charge on any atom is -0.287 e. The fraction of sp³-hybridized carbons (Fsp3) is 1.00. The third kappa shape index (κ3) is 1.56. The maximum Gasteiger partial charge on any atom is 0.0917 e. The van der Waals surface area contributed by atoms with Crippen LogP contribution in [0.25, 0.3) is 0 Å². The van der Waals surface area contributed by atoms with Gasteiger partial charge in [-0.15, -0.1) is 0 Å². The van der Waals surface area contributed by atoms with E-state index in [0.29, 0.717) is 12.3 Å². The first-order valence-electron chi connectivity index (χ1n) is 5.42. The highest BCUT2D eigenvalue weighted by molar-refractivity contribution is 4.90. The first-order valence-corrected chi connectivity index (χ1v) is 5.42. The standard InChI is InChI=1S/C10H22N4/c1-11-5-6-13(3)10-9(11)12(2)7-8-14(10)4/h9-10H,5-8H2,1-4H3. The van der Waals surface area contributed by atoms with Gasteiger partial charge in [-0.25, -0.2) is 0 Å². The molecule has 0 bridgehead atoms. The Morgan fingerprint density at radius 2 is 0.786 bits per heavy atom. The van der Waals surface area contributed by atoms with Crippen molar-refractivity contribution >= 4 is 0 Å². The number of hydrogen-bond acceptors (Lipinski definition) is 4. The molecule has 2 aliphatic heterocycles. The van der Waals surface area contributed by atoms with Gasteiger partial charge in [-0.05, 0) is 28.2 Å². The van der Waals surface area contributed by atoms with Crippen LogP contribution in [0.5, 0.6) is 0 Å². The summed E-state index contributed by atoms with van der Waals surface area (Å²) in [6.07, 6.45) is 1.12. The van der Waals surface area contributed by atoms with Crippen LogP contribution in [0.15, 0.2) is 0 Å². The molecule has 2 saturated heterocycles. The van der Waals surface area contributed by atoms with Gasteiger partial charge < -0.3 is 0 Å². The lowest BCUT2D eigenvalue weighted by Gasteiger charge is -2.54. The second kappa shape index (κ2) is 3.77. The Bertz CT molecular complexity index is 166. The van der Waals surface area contributed by atoms with Crippen molar-refractivity contribution in [1.29, 1.82) is 0 Å². The number of fused-ring (bicyclic) bond motifs is 1. The number of hydrogen-bond donors (Lipinski definition) is 0. The van der Waals surface area contributed by atoms with E-state index in [1.54, 1.807) is 0 Å². The number of piperazine rings is 2. The van der Waals surface area contributed by atoms with Crippen molar-refractivity contribution in [3.05, 3.63) is 0 Å². The van der Waals surface area contributed by atoms with Crippen molar-refractivity contribution in [2.75, 3.05) is 54.4 Å². The average molecular weight is 198 g/mol. The van der Waals surface area contributed by atoms with Crippen LogP contribution >= 0.6 is 0 Å². The zero-order valence-corrected chi connectivity index (χ0v) is 9.77. The second-order valence-electron chi connectivity index (χ2n) is 4.75. The fourth-order valence-electron chi connectivity index (χ4n) is 2.74.